The third-order valence-corrected chi connectivity index (χ3v) is 8.68. The van der Waals surface area contributed by atoms with Crippen molar-refractivity contribution in [3.63, 3.8) is 0 Å². The molecule has 4 N–H and O–H groups in total. The van der Waals surface area contributed by atoms with E-state index in [2.05, 4.69) is 59.8 Å². The molecule has 2 aliphatic rings. The molecule has 0 aliphatic carbocycles. The molecule has 1 unspecified atom stereocenters. The van der Waals surface area contributed by atoms with Gasteiger partial charge in [0, 0.05) is 52.7 Å². The maximum absolute atomic E-state index is 13.0. The van der Waals surface area contributed by atoms with Crippen molar-refractivity contribution in [2.45, 2.75) is 44.2 Å². The summed E-state index contributed by atoms with van der Waals surface area (Å²) in [5, 5.41) is 15.8. The van der Waals surface area contributed by atoms with Gasteiger partial charge < -0.3 is 20.5 Å². The Morgan fingerprint density at radius 3 is 2.81 bits per heavy atom. The van der Waals surface area contributed by atoms with Gasteiger partial charge in [0.1, 0.15) is 5.82 Å². The van der Waals surface area contributed by atoms with E-state index in [9.17, 15) is 4.79 Å². The van der Waals surface area contributed by atoms with Gasteiger partial charge in [0.05, 0.1) is 18.1 Å². The third-order valence-electron chi connectivity index (χ3n) is 8.68. The second kappa shape index (κ2) is 11.5. The van der Waals surface area contributed by atoms with Crippen LogP contribution >= 0.6 is 0 Å². The number of H-pyrrole nitrogens is 2. The lowest BCUT2D eigenvalue weighted by Crippen LogP contribution is -2.53. The maximum Gasteiger partial charge on any atom is 0.226 e. The summed E-state index contributed by atoms with van der Waals surface area (Å²) in [4.78, 5) is 30.8. The zero-order valence-electron chi connectivity index (χ0n) is 23.9. The highest BCUT2D eigenvalue weighted by Gasteiger charge is 2.28. The number of carbonyl (C=O) groups excluding carboxylic acids is 1. The van der Waals surface area contributed by atoms with Crippen molar-refractivity contribution in [1.82, 2.24) is 40.3 Å². The second-order valence-electron chi connectivity index (χ2n) is 11.8. The molecule has 0 spiro atoms. The Morgan fingerprint density at radius 1 is 1.00 bits per heavy atom. The number of carbonyl (C=O) groups is 1. The number of hydrogen-bond acceptors (Lipinski definition) is 7. The van der Waals surface area contributed by atoms with Crippen LogP contribution in [0.1, 0.15) is 31.4 Å². The van der Waals surface area contributed by atoms with Crippen LogP contribution in [0.5, 0.6) is 0 Å². The first-order valence-corrected chi connectivity index (χ1v) is 14.9. The molecule has 42 heavy (non-hydrogen) atoms. The van der Waals surface area contributed by atoms with Crippen LogP contribution in [-0.4, -0.2) is 86.2 Å². The van der Waals surface area contributed by atoms with Gasteiger partial charge in [-0.25, -0.2) is 9.97 Å². The number of fused-ring (bicyclic) bond motifs is 2. The molecule has 0 radical (unpaired) electrons. The van der Waals surface area contributed by atoms with Crippen molar-refractivity contribution in [3.8, 4) is 11.4 Å². The Bertz CT molecular complexity index is 1700. The summed E-state index contributed by atoms with van der Waals surface area (Å²) in [7, 11) is 2.20. The maximum atomic E-state index is 13.0. The molecule has 2 fully saturated rings. The molecule has 0 saturated carbocycles. The van der Waals surface area contributed by atoms with Gasteiger partial charge in [-0.3, -0.25) is 14.8 Å². The topological polar surface area (TPSA) is 118 Å². The normalized spacial score (nSPS) is 18.9. The number of benzene rings is 2. The monoisotopic (exact) mass is 563 g/mol. The predicted molar refractivity (Wildman–Crippen MR) is 166 cm³/mol. The highest BCUT2D eigenvalue weighted by atomic mass is 16.1. The van der Waals surface area contributed by atoms with Crippen molar-refractivity contribution in [3.05, 3.63) is 66.6 Å². The summed E-state index contributed by atoms with van der Waals surface area (Å²) >= 11 is 0. The zero-order valence-corrected chi connectivity index (χ0v) is 23.9. The van der Waals surface area contributed by atoms with Crippen molar-refractivity contribution < 1.29 is 4.79 Å². The molecule has 1 atom stereocenters. The van der Waals surface area contributed by atoms with E-state index in [1.165, 1.54) is 12.8 Å². The quantitative estimate of drug-likeness (QED) is 0.231. The Morgan fingerprint density at radius 2 is 1.90 bits per heavy atom. The van der Waals surface area contributed by atoms with Crippen molar-refractivity contribution >= 4 is 39.2 Å². The predicted octanol–water partition coefficient (Wildman–Crippen LogP) is 4.46. The lowest BCUT2D eigenvalue weighted by Gasteiger charge is -2.41. The fourth-order valence-electron chi connectivity index (χ4n) is 6.42. The molecule has 7 rings (SSSR count). The molecule has 10 heteroatoms. The summed E-state index contributed by atoms with van der Waals surface area (Å²) < 4.78 is 0. The van der Waals surface area contributed by atoms with E-state index in [-0.39, 0.29) is 11.9 Å². The molecule has 5 heterocycles. The highest BCUT2D eigenvalue weighted by Crippen LogP contribution is 2.26. The van der Waals surface area contributed by atoms with Gasteiger partial charge in [0.15, 0.2) is 5.82 Å². The van der Waals surface area contributed by atoms with E-state index in [0.717, 1.165) is 77.8 Å². The van der Waals surface area contributed by atoms with Gasteiger partial charge in [-0.15, -0.1) is 0 Å². The number of hydrogen-bond donors (Lipinski definition) is 4. The number of nitrogens with zero attached hydrogens (tertiary/aromatic N) is 5. The standard InChI is InChI=1S/C32H37N9O/c1-40-13-9-27(10-14-40)41-12-2-3-25(20-41)37-31(42)18-26-15-21-4-5-22(17-29(21)35-26)32-33-11-8-30(38-32)36-24-6-7-28-23(16-24)19-34-39-28/h4-8,11,15-17,19,25,27,35H,2-3,9-10,12-14,18,20H2,1H3,(H,34,39)(H,37,42)(H,33,36,38). The van der Waals surface area contributed by atoms with Crippen molar-refractivity contribution in [2.24, 2.45) is 0 Å². The van der Waals surface area contributed by atoms with Crippen LogP contribution in [0.2, 0.25) is 0 Å². The molecule has 10 nitrogen and oxygen atoms in total. The summed E-state index contributed by atoms with van der Waals surface area (Å²) in [6.07, 6.45) is 8.54. The average Bonchev–Trinajstić information content (AvgIpc) is 3.63. The molecule has 3 aromatic heterocycles. The summed E-state index contributed by atoms with van der Waals surface area (Å²) in [6, 6.07) is 16.9. The third kappa shape index (κ3) is 5.86. The van der Waals surface area contributed by atoms with Gasteiger partial charge in [0.25, 0.3) is 0 Å². The molecular formula is C32H37N9O. The van der Waals surface area contributed by atoms with Crippen LogP contribution in [0.3, 0.4) is 0 Å². The number of rotatable bonds is 7. The van der Waals surface area contributed by atoms with Crippen LogP contribution in [0.25, 0.3) is 33.2 Å². The summed E-state index contributed by atoms with van der Waals surface area (Å²) in [6.45, 7) is 4.44. The van der Waals surface area contributed by atoms with E-state index < -0.39 is 0 Å². The molecule has 2 aliphatic heterocycles. The van der Waals surface area contributed by atoms with E-state index >= 15 is 0 Å². The number of anilines is 2. The number of amides is 1. The average molecular weight is 564 g/mol. The van der Waals surface area contributed by atoms with Gasteiger partial charge in [-0.05, 0) is 94.1 Å². The van der Waals surface area contributed by atoms with E-state index in [1.807, 2.05) is 36.4 Å². The number of aromatic nitrogens is 5. The first-order chi connectivity index (χ1) is 20.6. The van der Waals surface area contributed by atoms with E-state index in [4.69, 9.17) is 4.98 Å². The van der Waals surface area contributed by atoms with Crippen LogP contribution in [0, 0.1) is 0 Å². The van der Waals surface area contributed by atoms with Crippen LogP contribution < -0.4 is 10.6 Å². The van der Waals surface area contributed by atoms with Crippen LogP contribution in [-0.2, 0) is 11.2 Å². The Balaban J connectivity index is 0.992. The molecule has 0 bridgehead atoms. The fraction of sp³-hybridized carbons (Fsp3) is 0.375. The van der Waals surface area contributed by atoms with E-state index in [0.29, 0.717) is 24.1 Å². The summed E-state index contributed by atoms with van der Waals surface area (Å²) in [5.41, 5.74) is 4.70. The van der Waals surface area contributed by atoms with Crippen LogP contribution in [0.4, 0.5) is 11.5 Å². The van der Waals surface area contributed by atoms with Gasteiger partial charge in [-0.2, -0.15) is 5.10 Å². The minimum atomic E-state index is 0.0766. The van der Waals surface area contributed by atoms with Gasteiger partial charge in [0.2, 0.25) is 5.91 Å². The molecule has 2 aromatic carbocycles. The molecule has 2 saturated heterocycles. The molecule has 5 aromatic rings. The van der Waals surface area contributed by atoms with Crippen molar-refractivity contribution in [2.75, 3.05) is 38.5 Å². The Hall–Kier alpha value is -4.28. The minimum Gasteiger partial charge on any atom is -0.358 e. The highest BCUT2D eigenvalue weighted by molar-refractivity contribution is 5.87. The largest absolute Gasteiger partial charge is 0.358 e. The van der Waals surface area contributed by atoms with Gasteiger partial charge >= 0.3 is 0 Å². The van der Waals surface area contributed by atoms with Crippen molar-refractivity contribution in [1.29, 1.82) is 0 Å². The SMILES string of the molecule is CN1CCC(N2CCCC(NC(=O)Cc3cc4ccc(-c5nccc(Nc6ccc7[nH]ncc7c6)n5)cc4[nH]3)C2)CC1. The number of aromatic amines is 2. The van der Waals surface area contributed by atoms with Crippen LogP contribution in [0.15, 0.2) is 60.9 Å². The minimum absolute atomic E-state index is 0.0766. The molecule has 1 amide bonds. The lowest BCUT2D eigenvalue weighted by atomic mass is 9.98. The Kier molecular flexibility index (Phi) is 7.31. The number of likely N-dealkylation sites (tertiary alicyclic amines) is 2. The number of piperidine rings is 2. The second-order valence-corrected chi connectivity index (χ2v) is 11.8. The van der Waals surface area contributed by atoms with Gasteiger partial charge in [-0.1, -0.05) is 12.1 Å². The van der Waals surface area contributed by atoms with E-state index in [1.54, 1.807) is 12.4 Å². The molecule has 216 valence electrons. The zero-order chi connectivity index (χ0) is 28.5. The fourth-order valence-corrected chi connectivity index (χ4v) is 6.42. The molecular weight excluding hydrogens is 526 g/mol. The Labute approximate surface area is 244 Å². The first kappa shape index (κ1) is 26.6. The first-order valence-electron chi connectivity index (χ1n) is 14.9. The summed E-state index contributed by atoms with van der Waals surface area (Å²) in [5.74, 6) is 1.42. The lowest BCUT2D eigenvalue weighted by molar-refractivity contribution is -0.121. The smallest absolute Gasteiger partial charge is 0.226 e. The number of nitrogens with one attached hydrogen (secondary N) is 4.